The lowest BCUT2D eigenvalue weighted by Gasteiger charge is -2.27. The van der Waals surface area contributed by atoms with E-state index < -0.39 is 0 Å². The first-order chi connectivity index (χ1) is 8.33. The number of anilines is 1. The van der Waals surface area contributed by atoms with Crippen molar-refractivity contribution in [2.45, 2.75) is 25.8 Å². The monoisotopic (exact) mass is 224 g/mol. The lowest BCUT2D eigenvalue weighted by atomic mass is 9.94. The second kappa shape index (κ2) is 4.21. The van der Waals surface area contributed by atoms with Gasteiger partial charge in [0.15, 0.2) is 0 Å². The molecular formula is C15H16N2. The number of para-hydroxylation sites is 1. The SMILES string of the molecule is Cc1ccc(C2CCc3ccccc3N2)cn1. The molecule has 1 aromatic heterocycles. The van der Waals surface area contributed by atoms with Crippen LogP contribution in [0.3, 0.4) is 0 Å². The summed E-state index contributed by atoms with van der Waals surface area (Å²) in [7, 11) is 0. The van der Waals surface area contributed by atoms with Crippen molar-refractivity contribution in [2.75, 3.05) is 5.32 Å². The Morgan fingerprint density at radius 1 is 1.18 bits per heavy atom. The van der Waals surface area contributed by atoms with E-state index in [-0.39, 0.29) is 0 Å². The highest BCUT2D eigenvalue weighted by atomic mass is 14.9. The molecule has 2 aromatic rings. The van der Waals surface area contributed by atoms with Crippen molar-refractivity contribution in [1.29, 1.82) is 0 Å². The zero-order valence-corrected chi connectivity index (χ0v) is 9.98. The van der Waals surface area contributed by atoms with Crippen LogP contribution in [0.2, 0.25) is 0 Å². The van der Waals surface area contributed by atoms with Crippen molar-refractivity contribution in [2.24, 2.45) is 0 Å². The first kappa shape index (κ1) is 10.3. The van der Waals surface area contributed by atoms with Gasteiger partial charge in [-0.05, 0) is 43.0 Å². The maximum absolute atomic E-state index is 4.37. The van der Waals surface area contributed by atoms with E-state index in [0.717, 1.165) is 18.5 Å². The van der Waals surface area contributed by atoms with Crippen LogP contribution in [0.5, 0.6) is 0 Å². The molecule has 0 spiro atoms. The molecule has 1 aliphatic rings. The van der Waals surface area contributed by atoms with Gasteiger partial charge >= 0.3 is 0 Å². The number of hydrogen-bond acceptors (Lipinski definition) is 2. The topological polar surface area (TPSA) is 24.9 Å². The molecule has 0 aliphatic carbocycles. The first-order valence-corrected chi connectivity index (χ1v) is 6.10. The molecule has 1 unspecified atom stereocenters. The predicted molar refractivity (Wildman–Crippen MR) is 70.1 cm³/mol. The van der Waals surface area contributed by atoms with Crippen molar-refractivity contribution < 1.29 is 0 Å². The van der Waals surface area contributed by atoms with Crippen LogP contribution in [0.15, 0.2) is 42.6 Å². The van der Waals surface area contributed by atoms with E-state index in [1.807, 2.05) is 13.1 Å². The molecule has 1 N–H and O–H groups in total. The second-order valence-electron chi connectivity index (χ2n) is 4.63. The molecule has 86 valence electrons. The van der Waals surface area contributed by atoms with Gasteiger partial charge in [-0.1, -0.05) is 24.3 Å². The standard InChI is InChI=1S/C15H16N2/c1-11-6-7-13(10-16-11)15-9-8-12-4-2-3-5-14(12)17-15/h2-7,10,15,17H,8-9H2,1H3. The fourth-order valence-electron chi connectivity index (χ4n) is 2.37. The molecule has 0 radical (unpaired) electrons. The number of aryl methyl sites for hydroxylation is 2. The highest BCUT2D eigenvalue weighted by Gasteiger charge is 2.18. The summed E-state index contributed by atoms with van der Waals surface area (Å²) in [6, 6.07) is 13.2. The van der Waals surface area contributed by atoms with Crippen molar-refractivity contribution in [3.63, 3.8) is 0 Å². The Bertz CT molecular complexity index is 517. The molecule has 2 heteroatoms. The summed E-state index contributed by atoms with van der Waals surface area (Å²) in [4.78, 5) is 4.37. The van der Waals surface area contributed by atoms with Crippen LogP contribution in [0.25, 0.3) is 0 Å². The van der Waals surface area contributed by atoms with Crippen LogP contribution >= 0.6 is 0 Å². The summed E-state index contributed by atoms with van der Waals surface area (Å²) in [6.45, 7) is 2.02. The van der Waals surface area contributed by atoms with Crippen molar-refractivity contribution >= 4 is 5.69 Å². The minimum absolute atomic E-state index is 0.401. The number of nitrogens with zero attached hydrogens (tertiary/aromatic N) is 1. The quantitative estimate of drug-likeness (QED) is 0.802. The summed E-state index contributed by atoms with van der Waals surface area (Å²) in [5.41, 5.74) is 5.04. The molecule has 0 saturated carbocycles. The predicted octanol–water partition coefficient (Wildman–Crippen LogP) is 3.49. The lowest BCUT2D eigenvalue weighted by Crippen LogP contribution is -2.18. The van der Waals surface area contributed by atoms with E-state index in [1.165, 1.54) is 16.8 Å². The van der Waals surface area contributed by atoms with Gasteiger partial charge in [-0.25, -0.2) is 0 Å². The van der Waals surface area contributed by atoms with Crippen molar-refractivity contribution in [1.82, 2.24) is 4.98 Å². The summed E-state index contributed by atoms with van der Waals surface area (Å²) >= 11 is 0. The number of hydrogen-bond donors (Lipinski definition) is 1. The fraction of sp³-hybridized carbons (Fsp3) is 0.267. The maximum atomic E-state index is 4.37. The Morgan fingerprint density at radius 3 is 2.88 bits per heavy atom. The Morgan fingerprint density at radius 2 is 2.06 bits per heavy atom. The average Bonchev–Trinajstić information content (AvgIpc) is 2.39. The average molecular weight is 224 g/mol. The molecule has 2 nitrogen and oxygen atoms in total. The van der Waals surface area contributed by atoms with Crippen LogP contribution < -0.4 is 5.32 Å². The number of fused-ring (bicyclic) bond motifs is 1. The number of aromatic nitrogens is 1. The van der Waals surface area contributed by atoms with E-state index in [9.17, 15) is 0 Å². The molecule has 17 heavy (non-hydrogen) atoms. The molecule has 1 aliphatic heterocycles. The van der Waals surface area contributed by atoms with Gasteiger partial charge in [0.05, 0.1) is 6.04 Å². The Balaban J connectivity index is 1.86. The van der Waals surface area contributed by atoms with Gasteiger partial charge in [-0.3, -0.25) is 4.98 Å². The van der Waals surface area contributed by atoms with Gasteiger partial charge in [0.1, 0.15) is 0 Å². The molecule has 1 aromatic carbocycles. The molecule has 0 saturated heterocycles. The second-order valence-corrected chi connectivity index (χ2v) is 4.63. The fourth-order valence-corrected chi connectivity index (χ4v) is 2.37. The summed E-state index contributed by atoms with van der Waals surface area (Å²) in [5, 5.41) is 3.59. The lowest BCUT2D eigenvalue weighted by molar-refractivity contribution is 0.665. The van der Waals surface area contributed by atoms with Crippen LogP contribution in [0.1, 0.15) is 29.3 Å². The van der Waals surface area contributed by atoms with Crippen molar-refractivity contribution in [3.05, 3.63) is 59.4 Å². The first-order valence-electron chi connectivity index (χ1n) is 6.10. The van der Waals surface area contributed by atoms with Crippen molar-refractivity contribution in [3.8, 4) is 0 Å². The van der Waals surface area contributed by atoms with E-state index in [2.05, 4.69) is 46.7 Å². The minimum Gasteiger partial charge on any atom is -0.378 e. The van der Waals surface area contributed by atoms with Gasteiger partial charge in [0, 0.05) is 17.6 Å². The highest BCUT2D eigenvalue weighted by Crippen LogP contribution is 2.31. The van der Waals surface area contributed by atoms with E-state index >= 15 is 0 Å². The molecule has 3 rings (SSSR count). The minimum atomic E-state index is 0.401. The summed E-state index contributed by atoms with van der Waals surface area (Å²) in [6.07, 6.45) is 4.27. The normalized spacial score (nSPS) is 18.3. The molecule has 0 bridgehead atoms. The van der Waals surface area contributed by atoms with E-state index in [4.69, 9.17) is 0 Å². The number of rotatable bonds is 1. The maximum Gasteiger partial charge on any atom is 0.0532 e. The smallest absolute Gasteiger partial charge is 0.0532 e. The highest BCUT2D eigenvalue weighted by molar-refractivity contribution is 5.54. The largest absolute Gasteiger partial charge is 0.378 e. The molecule has 2 heterocycles. The van der Waals surface area contributed by atoms with Crippen LogP contribution in [0, 0.1) is 6.92 Å². The third kappa shape index (κ3) is 2.03. The number of pyridine rings is 1. The summed E-state index contributed by atoms with van der Waals surface area (Å²) in [5.74, 6) is 0. The van der Waals surface area contributed by atoms with Crippen LogP contribution in [-0.4, -0.2) is 4.98 Å². The third-order valence-corrected chi connectivity index (χ3v) is 3.39. The number of benzene rings is 1. The molecular weight excluding hydrogens is 208 g/mol. The van der Waals surface area contributed by atoms with Crippen LogP contribution in [-0.2, 0) is 6.42 Å². The van der Waals surface area contributed by atoms with E-state index in [0.29, 0.717) is 6.04 Å². The Hall–Kier alpha value is -1.83. The van der Waals surface area contributed by atoms with Gasteiger partial charge in [-0.15, -0.1) is 0 Å². The molecule has 0 amide bonds. The summed E-state index contributed by atoms with van der Waals surface area (Å²) < 4.78 is 0. The third-order valence-electron chi connectivity index (χ3n) is 3.39. The molecule has 1 atom stereocenters. The Labute approximate surface area is 102 Å². The molecule has 0 fully saturated rings. The van der Waals surface area contributed by atoms with Crippen LogP contribution in [0.4, 0.5) is 5.69 Å². The van der Waals surface area contributed by atoms with Gasteiger partial charge < -0.3 is 5.32 Å². The van der Waals surface area contributed by atoms with Gasteiger partial charge in [0.25, 0.3) is 0 Å². The van der Waals surface area contributed by atoms with E-state index in [1.54, 1.807) is 0 Å². The zero-order valence-electron chi connectivity index (χ0n) is 9.98. The Kier molecular flexibility index (Phi) is 2.56. The van der Waals surface area contributed by atoms with Gasteiger partial charge in [0.2, 0.25) is 0 Å². The zero-order chi connectivity index (χ0) is 11.7. The van der Waals surface area contributed by atoms with Gasteiger partial charge in [-0.2, -0.15) is 0 Å². The number of nitrogens with one attached hydrogen (secondary N) is 1.